The summed E-state index contributed by atoms with van der Waals surface area (Å²) in [6.07, 6.45) is -3.67. The van der Waals surface area contributed by atoms with Gasteiger partial charge in [0.25, 0.3) is 0 Å². The number of hydrogen-bond acceptors (Lipinski definition) is 2. The van der Waals surface area contributed by atoms with Crippen LogP contribution in [0.3, 0.4) is 0 Å². The van der Waals surface area contributed by atoms with Gasteiger partial charge in [0.05, 0.1) is 11.6 Å². The predicted octanol–water partition coefficient (Wildman–Crippen LogP) is 1.66. The fraction of sp³-hybridized carbons (Fsp3) is 0.625. The quantitative estimate of drug-likeness (QED) is 0.676. The van der Waals surface area contributed by atoms with Gasteiger partial charge in [-0.1, -0.05) is 0 Å². The van der Waals surface area contributed by atoms with E-state index in [1.54, 1.807) is 0 Å². The number of imidazole rings is 1. The number of aromatic nitrogens is 2. The largest absolute Gasteiger partial charge is 0.392 e. The molecule has 1 aliphatic carbocycles. The molecule has 0 bridgehead atoms. The van der Waals surface area contributed by atoms with Crippen LogP contribution < -0.4 is 5.73 Å². The Morgan fingerprint density at radius 1 is 1.43 bits per heavy atom. The lowest BCUT2D eigenvalue weighted by molar-refractivity contribution is -0.177. The van der Waals surface area contributed by atoms with Crippen LogP contribution in [-0.2, 0) is 12.8 Å². The van der Waals surface area contributed by atoms with Crippen molar-refractivity contribution in [3.05, 3.63) is 11.4 Å². The molecule has 0 radical (unpaired) electrons. The van der Waals surface area contributed by atoms with Crippen molar-refractivity contribution in [3.63, 3.8) is 0 Å². The van der Waals surface area contributed by atoms with Crippen LogP contribution >= 0.6 is 0 Å². The van der Waals surface area contributed by atoms with E-state index in [1.807, 2.05) is 0 Å². The number of rotatable bonds is 0. The molecule has 0 aromatic carbocycles. The fourth-order valence-electron chi connectivity index (χ4n) is 1.78. The van der Waals surface area contributed by atoms with Gasteiger partial charge in [-0.15, -0.1) is 0 Å². The summed E-state index contributed by atoms with van der Waals surface area (Å²) in [5.41, 5.74) is 6.59. The van der Waals surface area contributed by atoms with E-state index < -0.39 is 12.1 Å². The molecule has 0 spiro atoms. The summed E-state index contributed by atoms with van der Waals surface area (Å²) in [6, 6.07) is 0. The van der Waals surface area contributed by atoms with Gasteiger partial charge in [0.1, 0.15) is 0 Å². The number of nitrogens with zero attached hydrogens (tertiary/aromatic N) is 1. The smallest absolute Gasteiger partial charge is 0.369 e. The van der Waals surface area contributed by atoms with Crippen LogP contribution in [-0.4, -0.2) is 16.1 Å². The molecule has 0 amide bonds. The van der Waals surface area contributed by atoms with E-state index in [0.717, 1.165) is 0 Å². The van der Waals surface area contributed by atoms with Gasteiger partial charge in [0, 0.05) is 12.1 Å². The molecule has 3 N–H and O–H groups in total. The normalized spacial score (nSPS) is 22.1. The molecule has 0 aliphatic heterocycles. The minimum Gasteiger partial charge on any atom is -0.369 e. The summed E-state index contributed by atoms with van der Waals surface area (Å²) in [5, 5.41) is 0. The van der Waals surface area contributed by atoms with Crippen molar-refractivity contribution in [2.45, 2.75) is 25.4 Å². The molecule has 1 aromatic heterocycles. The molecular formula is C8H10F3N3. The van der Waals surface area contributed by atoms with Gasteiger partial charge in [-0.05, 0) is 12.8 Å². The third kappa shape index (κ3) is 1.56. The number of halogens is 3. The second kappa shape index (κ2) is 2.90. The minimum atomic E-state index is -4.11. The Labute approximate surface area is 78.5 Å². The highest BCUT2D eigenvalue weighted by Gasteiger charge is 2.41. The van der Waals surface area contributed by atoms with Crippen LogP contribution in [0.1, 0.15) is 17.8 Å². The van der Waals surface area contributed by atoms with Crippen LogP contribution in [0.15, 0.2) is 0 Å². The molecule has 1 unspecified atom stereocenters. The third-order valence-corrected chi connectivity index (χ3v) is 2.53. The van der Waals surface area contributed by atoms with E-state index in [9.17, 15) is 13.2 Å². The average molecular weight is 205 g/mol. The summed E-state index contributed by atoms with van der Waals surface area (Å²) in [4.78, 5) is 6.59. The van der Waals surface area contributed by atoms with E-state index in [4.69, 9.17) is 5.73 Å². The molecule has 3 nitrogen and oxygen atoms in total. The number of nitrogen functional groups attached to an aromatic ring is 1. The highest BCUT2D eigenvalue weighted by atomic mass is 19.4. The molecule has 0 fully saturated rings. The maximum absolute atomic E-state index is 12.4. The second-order valence-corrected chi connectivity index (χ2v) is 3.53. The summed E-state index contributed by atoms with van der Waals surface area (Å²) >= 11 is 0. The van der Waals surface area contributed by atoms with Crippen molar-refractivity contribution in [2.24, 2.45) is 5.92 Å². The second-order valence-electron chi connectivity index (χ2n) is 3.53. The zero-order valence-electron chi connectivity index (χ0n) is 7.36. The Bertz CT molecular complexity index is 342. The van der Waals surface area contributed by atoms with Crippen LogP contribution in [0.4, 0.5) is 19.1 Å². The summed E-state index contributed by atoms with van der Waals surface area (Å²) < 4.78 is 37.1. The molecule has 2 rings (SSSR count). The number of alkyl halides is 3. The maximum Gasteiger partial charge on any atom is 0.392 e. The Kier molecular flexibility index (Phi) is 1.94. The van der Waals surface area contributed by atoms with Gasteiger partial charge in [-0.2, -0.15) is 13.2 Å². The minimum absolute atomic E-state index is 0.0248. The Morgan fingerprint density at radius 3 is 2.79 bits per heavy atom. The summed E-state index contributed by atoms with van der Waals surface area (Å²) in [7, 11) is 0. The van der Waals surface area contributed by atoms with Crippen molar-refractivity contribution in [2.75, 3.05) is 5.73 Å². The number of fused-ring (bicyclic) bond motifs is 1. The Hall–Kier alpha value is -1.20. The van der Waals surface area contributed by atoms with Gasteiger partial charge in [0.2, 0.25) is 0 Å². The Morgan fingerprint density at radius 2 is 2.14 bits per heavy atom. The topological polar surface area (TPSA) is 54.7 Å². The molecular weight excluding hydrogens is 195 g/mol. The van der Waals surface area contributed by atoms with Gasteiger partial charge in [-0.3, -0.25) is 0 Å². The van der Waals surface area contributed by atoms with Crippen LogP contribution in [0, 0.1) is 5.92 Å². The first-order valence-corrected chi connectivity index (χ1v) is 4.37. The van der Waals surface area contributed by atoms with Crippen LogP contribution in [0.2, 0.25) is 0 Å². The van der Waals surface area contributed by atoms with Crippen LogP contribution in [0.5, 0.6) is 0 Å². The first-order valence-electron chi connectivity index (χ1n) is 4.37. The highest BCUT2D eigenvalue weighted by Crippen LogP contribution is 2.36. The fourth-order valence-corrected chi connectivity index (χ4v) is 1.78. The number of anilines is 1. The van der Waals surface area contributed by atoms with Crippen molar-refractivity contribution in [1.29, 1.82) is 0 Å². The lowest BCUT2D eigenvalue weighted by Crippen LogP contribution is -2.28. The Balaban J connectivity index is 2.21. The highest BCUT2D eigenvalue weighted by molar-refractivity contribution is 5.28. The standard InChI is InChI=1S/C8H10F3N3/c9-8(10,11)4-1-2-5-6(3-4)14-7(12)13-5/h4H,1-3H2,(H3,12,13,14). The van der Waals surface area contributed by atoms with Crippen LogP contribution in [0.25, 0.3) is 0 Å². The van der Waals surface area contributed by atoms with E-state index in [1.165, 1.54) is 0 Å². The zero-order chi connectivity index (χ0) is 10.3. The molecule has 1 heterocycles. The average Bonchev–Trinajstić information content (AvgIpc) is 2.41. The summed E-state index contributed by atoms with van der Waals surface area (Å²) in [5.74, 6) is -1.05. The van der Waals surface area contributed by atoms with Gasteiger partial charge in [0.15, 0.2) is 5.95 Å². The lowest BCUT2D eigenvalue weighted by atomic mass is 9.89. The molecule has 1 aromatic rings. The monoisotopic (exact) mass is 205 g/mol. The van der Waals surface area contributed by atoms with E-state index in [-0.39, 0.29) is 18.8 Å². The first kappa shape index (κ1) is 9.36. The SMILES string of the molecule is Nc1nc2c([nH]1)CC(C(F)(F)F)CC2. The molecule has 6 heteroatoms. The molecule has 0 saturated heterocycles. The molecule has 14 heavy (non-hydrogen) atoms. The van der Waals surface area contributed by atoms with E-state index >= 15 is 0 Å². The van der Waals surface area contributed by atoms with Crippen molar-refractivity contribution in [1.82, 2.24) is 9.97 Å². The van der Waals surface area contributed by atoms with E-state index in [2.05, 4.69) is 9.97 Å². The first-order chi connectivity index (χ1) is 6.47. The zero-order valence-corrected chi connectivity index (χ0v) is 7.36. The number of H-pyrrole nitrogens is 1. The molecule has 1 atom stereocenters. The number of aryl methyl sites for hydroxylation is 1. The third-order valence-electron chi connectivity index (χ3n) is 2.53. The van der Waals surface area contributed by atoms with Gasteiger partial charge in [-0.25, -0.2) is 4.98 Å². The molecule has 78 valence electrons. The molecule has 1 aliphatic rings. The van der Waals surface area contributed by atoms with Crippen molar-refractivity contribution < 1.29 is 13.2 Å². The predicted molar refractivity (Wildman–Crippen MR) is 44.6 cm³/mol. The van der Waals surface area contributed by atoms with Gasteiger partial charge < -0.3 is 10.7 Å². The number of nitrogens with two attached hydrogens (primary N) is 1. The number of hydrogen-bond donors (Lipinski definition) is 2. The van der Waals surface area contributed by atoms with Crippen molar-refractivity contribution in [3.8, 4) is 0 Å². The lowest BCUT2D eigenvalue weighted by Gasteiger charge is -2.23. The molecule has 0 saturated carbocycles. The van der Waals surface area contributed by atoms with Gasteiger partial charge >= 0.3 is 6.18 Å². The van der Waals surface area contributed by atoms with E-state index in [0.29, 0.717) is 17.8 Å². The summed E-state index contributed by atoms with van der Waals surface area (Å²) in [6.45, 7) is 0. The number of nitrogens with one attached hydrogen (secondary N) is 1. The van der Waals surface area contributed by atoms with Crippen molar-refractivity contribution >= 4 is 5.95 Å². The maximum atomic E-state index is 12.4. The number of aromatic amines is 1.